The molecule has 0 unspecified atom stereocenters. The maximum absolute atomic E-state index is 12.2. The summed E-state index contributed by atoms with van der Waals surface area (Å²) in [5, 5.41) is 5.98. The fourth-order valence-electron chi connectivity index (χ4n) is 2.30. The molecule has 25 heavy (non-hydrogen) atoms. The average Bonchev–Trinajstić information content (AvgIpc) is 2.62. The van der Waals surface area contributed by atoms with Gasteiger partial charge in [0.15, 0.2) is 0 Å². The van der Waals surface area contributed by atoms with Crippen molar-refractivity contribution in [2.24, 2.45) is 0 Å². The topological polar surface area (TPSA) is 66.9 Å². The number of nitrogens with one attached hydrogen (secondary N) is 2. The normalized spacial score (nSPS) is 10.3. The van der Waals surface area contributed by atoms with Gasteiger partial charge in [-0.25, -0.2) is 9.97 Å². The van der Waals surface area contributed by atoms with Crippen molar-refractivity contribution in [3.8, 4) is 0 Å². The Kier molecular flexibility index (Phi) is 5.40. The molecule has 0 radical (unpaired) electrons. The van der Waals surface area contributed by atoms with Crippen LogP contribution in [0.3, 0.4) is 0 Å². The van der Waals surface area contributed by atoms with Gasteiger partial charge in [-0.3, -0.25) is 4.79 Å². The van der Waals surface area contributed by atoms with Crippen LogP contribution in [-0.4, -0.2) is 15.9 Å². The zero-order chi connectivity index (χ0) is 17.6. The lowest BCUT2D eigenvalue weighted by Gasteiger charge is -2.08. The van der Waals surface area contributed by atoms with Crippen molar-refractivity contribution in [1.29, 1.82) is 0 Å². The van der Waals surface area contributed by atoms with Gasteiger partial charge in [-0.1, -0.05) is 42.0 Å². The second kappa shape index (κ2) is 7.90. The van der Waals surface area contributed by atoms with Crippen molar-refractivity contribution >= 4 is 33.5 Å². The Bertz CT molecular complexity index is 881. The van der Waals surface area contributed by atoms with Gasteiger partial charge in [0.1, 0.15) is 0 Å². The first-order chi connectivity index (χ1) is 12.1. The highest BCUT2D eigenvalue weighted by atomic mass is 79.9. The second-order valence-corrected chi connectivity index (χ2v) is 6.43. The Morgan fingerprint density at radius 2 is 1.84 bits per heavy atom. The number of benzene rings is 2. The molecule has 0 saturated carbocycles. The quantitative estimate of drug-likeness (QED) is 0.677. The first-order valence-corrected chi connectivity index (χ1v) is 8.58. The van der Waals surface area contributed by atoms with Gasteiger partial charge in [0.2, 0.25) is 5.95 Å². The largest absolute Gasteiger partial charge is 0.348 e. The van der Waals surface area contributed by atoms with Crippen LogP contribution in [0.2, 0.25) is 0 Å². The molecule has 1 amide bonds. The van der Waals surface area contributed by atoms with Gasteiger partial charge in [0, 0.05) is 23.4 Å². The third-order valence-electron chi connectivity index (χ3n) is 3.57. The summed E-state index contributed by atoms with van der Waals surface area (Å²) in [5.41, 5.74) is 3.50. The molecule has 0 bridgehead atoms. The number of hydrogen-bond donors (Lipinski definition) is 2. The number of nitrogens with zero attached hydrogens (tertiary/aromatic N) is 2. The van der Waals surface area contributed by atoms with Crippen molar-refractivity contribution in [3.63, 3.8) is 0 Å². The van der Waals surface area contributed by atoms with Crippen molar-refractivity contribution < 1.29 is 4.79 Å². The molecule has 6 heteroatoms. The summed E-state index contributed by atoms with van der Waals surface area (Å²) in [5.74, 6) is 0.232. The Balaban J connectivity index is 1.61. The number of rotatable bonds is 5. The molecule has 0 fully saturated rings. The minimum atomic E-state index is -0.200. The van der Waals surface area contributed by atoms with Gasteiger partial charge in [0.05, 0.1) is 11.3 Å². The summed E-state index contributed by atoms with van der Waals surface area (Å²) in [6, 6.07) is 15.7. The van der Waals surface area contributed by atoms with Crippen LogP contribution in [0.25, 0.3) is 0 Å². The number of aromatic nitrogens is 2. The Hall–Kier alpha value is -2.73. The molecule has 0 atom stereocenters. The van der Waals surface area contributed by atoms with E-state index in [0.29, 0.717) is 18.1 Å². The third kappa shape index (κ3) is 4.64. The molecule has 2 aromatic carbocycles. The number of anilines is 2. The van der Waals surface area contributed by atoms with Crippen LogP contribution < -0.4 is 10.6 Å². The lowest BCUT2D eigenvalue weighted by atomic mass is 10.1. The summed E-state index contributed by atoms with van der Waals surface area (Å²) in [4.78, 5) is 20.6. The minimum absolute atomic E-state index is 0.200. The number of aryl methyl sites for hydroxylation is 1. The predicted molar refractivity (Wildman–Crippen MR) is 102 cm³/mol. The molecule has 0 spiro atoms. The van der Waals surface area contributed by atoms with E-state index in [2.05, 4.69) is 36.5 Å². The SMILES string of the molecule is Cc1cccc(CNC(=O)c2cnc(Nc3ccccc3Br)nc2)c1. The molecule has 3 aromatic rings. The van der Waals surface area contributed by atoms with E-state index in [-0.39, 0.29) is 5.91 Å². The van der Waals surface area contributed by atoms with Crippen LogP contribution in [-0.2, 0) is 6.54 Å². The molecule has 126 valence electrons. The molecule has 0 aliphatic carbocycles. The molecule has 0 aliphatic rings. The summed E-state index contributed by atoms with van der Waals surface area (Å²) < 4.78 is 0.915. The van der Waals surface area contributed by atoms with Gasteiger partial charge in [-0.15, -0.1) is 0 Å². The van der Waals surface area contributed by atoms with E-state index in [0.717, 1.165) is 21.3 Å². The number of carbonyl (C=O) groups excluding carboxylic acids is 1. The van der Waals surface area contributed by atoms with Crippen molar-refractivity contribution in [3.05, 3.63) is 82.1 Å². The molecule has 2 N–H and O–H groups in total. The van der Waals surface area contributed by atoms with E-state index in [1.165, 1.54) is 12.4 Å². The molecule has 5 nitrogen and oxygen atoms in total. The molecule has 0 aliphatic heterocycles. The lowest BCUT2D eigenvalue weighted by molar-refractivity contribution is 0.0950. The zero-order valence-corrected chi connectivity index (χ0v) is 15.2. The highest BCUT2D eigenvalue weighted by Gasteiger charge is 2.08. The van der Waals surface area contributed by atoms with Crippen LogP contribution in [0.5, 0.6) is 0 Å². The fourth-order valence-corrected chi connectivity index (χ4v) is 2.68. The summed E-state index contributed by atoms with van der Waals surface area (Å²) in [6.45, 7) is 2.49. The monoisotopic (exact) mass is 396 g/mol. The Morgan fingerprint density at radius 1 is 1.08 bits per heavy atom. The molecular formula is C19H17BrN4O. The molecule has 3 rings (SSSR count). The minimum Gasteiger partial charge on any atom is -0.348 e. The second-order valence-electron chi connectivity index (χ2n) is 5.57. The third-order valence-corrected chi connectivity index (χ3v) is 4.26. The summed E-state index contributed by atoms with van der Waals surface area (Å²) >= 11 is 3.46. The first-order valence-electron chi connectivity index (χ1n) is 7.79. The van der Waals surface area contributed by atoms with Crippen molar-refractivity contribution in [2.75, 3.05) is 5.32 Å². The van der Waals surface area contributed by atoms with E-state index in [9.17, 15) is 4.79 Å². The van der Waals surface area contributed by atoms with Gasteiger partial charge >= 0.3 is 0 Å². The maximum atomic E-state index is 12.2. The molecule has 1 aromatic heterocycles. The van der Waals surface area contributed by atoms with Gasteiger partial charge < -0.3 is 10.6 Å². The molecule has 0 saturated heterocycles. The zero-order valence-electron chi connectivity index (χ0n) is 13.7. The summed E-state index contributed by atoms with van der Waals surface area (Å²) in [6.07, 6.45) is 3.02. The van der Waals surface area contributed by atoms with E-state index in [1.54, 1.807) is 0 Å². The lowest BCUT2D eigenvalue weighted by Crippen LogP contribution is -2.23. The number of amides is 1. The highest BCUT2D eigenvalue weighted by molar-refractivity contribution is 9.10. The van der Waals surface area contributed by atoms with Crippen LogP contribution in [0.1, 0.15) is 21.5 Å². The summed E-state index contributed by atoms with van der Waals surface area (Å²) in [7, 11) is 0. The highest BCUT2D eigenvalue weighted by Crippen LogP contribution is 2.23. The van der Waals surface area contributed by atoms with Crippen LogP contribution >= 0.6 is 15.9 Å². The average molecular weight is 397 g/mol. The van der Waals surface area contributed by atoms with Gasteiger partial charge in [-0.05, 0) is 40.5 Å². The van der Waals surface area contributed by atoms with E-state index in [4.69, 9.17) is 0 Å². The first kappa shape index (κ1) is 17.1. The number of para-hydroxylation sites is 1. The van der Waals surface area contributed by atoms with Crippen molar-refractivity contribution in [2.45, 2.75) is 13.5 Å². The Labute approximate surface area is 154 Å². The fraction of sp³-hybridized carbons (Fsp3) is 0.105. The van der Waals surface area contributed by atoms with Crippen LogP contribution in [0.15, 0.2) is 65.4 Å². The van der Waals surface area contributed by atoms with E-state index < -0.39 is 0 Å². The molecule has 1 heterocycles. The standard InChI is InChI=1S/C19H17BrN4O/c1-13-5-4-6-14(9-13)10-21-18(25)15-11-22-19(23-12-15)24-17-8-3-2-7-16(17)20/h2-9,11-12H,10H2,1H3,(H,21,25)(H,22,23,24). The smallest absolute Gasteiger partial charge is 0.254 e. The van der Waals surface area contributed by atoms with Crippen LogP contribution in [0.4, 0.5) is 11.6 Å². The number of halogens is 1. The molecular weight excluding hydrogens is 380 g/mol. The van der Waals surface area contributed by atoms with Gasteiger partial charge in [-0.2, -0.15) is 0 Å². The Morgan fingerprint density at radius 3 is 2.56 bits per heavy atom. The van der Waals surface area contributed by atoms with Crippen LogP contribution in [0, 0.1) is 6.92 Å². The predicted octanol–water partition coefficient (Wildman–Crippen LogP) is 4.22. The van der Waals surface area contributed by atoms with E-state index in [1.807, 2.05) is 55.5 Å². The van der Waals surface area contributed by atoms with Crippen molar-refractivity contribution in [1.82, 2.24) is 15.3 Å². The number of hydrogen-bond acceptors (Lipinski definition) is 4. The van der Waals surface area contributed by atoms with E-state index >= 15 is 0 Å². The number of carbonyl (C=O) groups is 1. The maximum Gasteiger partial charge on any atom is 0.254 e. The van der Waals surface area contributed by atoms with Gasteiger partial charge in [0.25, 0.3) is 5.91 Å².